The molecule has 1 saturated heterocycles. The lowest BCUT2D eigenvalue weighted by Crippen LogP contribution is -2.41. The number of ether oxygens (including phenoxy) is 1. The Morgan fingerprint density at radius 2 is 1.93 bits per heavy atom. The summed E-state index contributed by atoms with van der Waals surface area (Å²) in [5.74, 6) is 0.972. The summed E-state index contributed by atoms with van der Waals surface area (Å²) >= 11 is 0. The van der Waals surface area contributed by atoms with Crippen molar-refractivity contribution < 1.29 is 4.74 Å². The van der Waals surface area contributed by atoms with Crippen LogP contribution in [0.15, 0.2) is 61.1 Å². The molecular weight excluding hydrogens is 362 g/mol. The van der Waals surface area contributed by atoms with Crippen LogP contribution in [-0.2, 0) is 17.8 Å². The van der Waals surface area contributed by atoms with Crippen LogP contribution >= 0.6 is 0 Å². The summed E-state index contributed by atoms with van der Waals surface area (Å²) in [6, 6.07) is 14.6. The highest BCUT2D eigenvalue weighted by molar-refractivity contribution is 5.29. The third-order valence-electron chi connectivity index (χ3n) is 5.30. The number of aromatic nitrogens is 3. The SMILES string of the molecule is Cc1cccc(-n2cccc2CN(CCN2CCOCC2)Cc2cccnc2)n1. The molecule has 0 spiro atoms. The second-order valence-corrected chi connectivity index (χ2v) is 7.53. The molecule has 6 nitrogen and oxygen atoms in total. The minimum absolute atomic E-state index is 0.838. The van der Waals surface area contributed by atoms with Crippen LogP contribution in [0.3, 0.4) is 0 Å². The first-order chi connectivity index (χ1) is 14.3. The zero-order valence-corrected chi connectivity index (χ0v) is 17.1. The van der Waals surface area contributed by atoms with Gasteiger partial charge < -0.3 is 9.30 Å². The first-order valence-electron chi connectivity index (χ1n) is 10.3. The van der Waals surface area contributed by atoms with Gasteiger partial charge in [-0.15, -0.1) is 0 Å². The molecule has 29 heavy (non-hydrogen) atoms. The van der Waals surface area contributed by atoms with Crippen molar-refractivity contribution >= 4 is 0 Å². The molecule has 3 aromatic heterocycles. The van der Waals surface area contributed by atoms with E-state index in [1.165, 1.54) is 11.3 Å². The number of morpholine rings is 1. The molecule has 0 N–H and O–H groups in total. The second kappa shape index (κ2) is 9.78. The molecule has 0 amide bonds. The second-order valence-electron chi connectivity index (χ2n) is 7.53. The third kappa shape index (κ3) is 5.50. The van der Waals surface area contributed by atoms with Gasteiger partial charge in [0.05, 0.1) is 13.2 Å². The summed E-state index contributed by atoms with van der Waals surface area (Å²) in [4.78, 5) is 14.0. The Hall–Kier alpha value is -2.54. The van der Waals surface area contributed by atoms with Crippen LogP contribution < -0.4 is 0 Å². The molecular formula is C23H29N5O. The predicted molar refractivity (Wildman–Crippen MR) is 114 cm³/mol. The largest absolute Gasteiger partial charge is 0.379 e. The lowest BCUT2D eigenvalue weighted by Gasteiger charge is -2.30. The van der Waals surface area contributed by atoms with E-state index in [0.717, 1.165) is 64.0 Å². The van der Waals surface area contributed by atoms with E-state index in [2.05, 4.69) is 55.9 Å². The van der Waals surface area contributed by atoms with Gasteiger partial charge in [-0.05, 0) is 42.8 Å². The molecule has 0 bridgehead atoms. The summed E-state index contributed by atoms with van der Waals surface area (Å²) in [5.41, 5.74) is 3.51. The van der Waals surface area contributed by atoms with Crippen molar-refractivity contribution in [2.75, 3.05) is 39.4 Å². The minimum atomic E-state index is 0.838. The number of aryl methyl sites for hydroxylation is 1. The van der Waals surface area contributed by atoms with Crippen molar-refractivity contribution in [3.8, 4) is 5.82 Å². The van der Waals surface area contributed by atoms with Crippen molar-refractivity contribution in [2.45, 2.75) is 20.0 Å². The molecule has 0 aromatic carbocycles. The zero-order chi connectivity index (χ0) is 19.9. The molecule has 152 valence electrons. The average molecular weight is 392 g/mol. The van der Waals surface area contributed by atoms with Crippen LogP contribution in [0.1, 0.15) is 17.0 Å². The zero-order valence-electron chi connectivity index (χ0n) is 17.1. The number of hydrogen-bond acceptors (Lipinski definition) is 5. The quantitative estimate of drug-likeness (QED) is 0.591. The van der Waals surface area contributed by atoms with E-state index >= 15 is 0 Å². The summed E-state index contributed by atoms with van der Waals surface area (Å²) in [5, 5.41) is 0. The van der Waals surface area contributed by atoms with Crippen molar-refractivity contribution in [1.82, 2.24) is 24.3 Å². The van der Waals surface area contributed by atoms with Gasteiger partial charge >= 0.3 is 0 Å². The standard InChI is InChI=1S/C23H29N5O/c1-20-5-2-8-23(25-20)28-10-4-7-22(28)19-27(18-21-6-3-9-24-17-21)12-11-26-13-15-29-16-14-26/h2-10,17H,11-16,18-19H2,1H3. The van der Waals surface area contributed by atoms with Gasteiger partial charge in [0.15, 0.2) is 0 Å². The van der Waals surface area contributed by atoms with Crippen LogP contribution in [0.4, 0.5) is 0 Å². The number of hydrogen-bond donors (Lipinski definition) is 0. The van der Waals surface area contributed by atoms with Crippen molar-refractivity contribution in [3.05, 3.63) is 78.0 Å². The number of nitrogens with zero attached hydrogens (tertiary/aromatic N) is 5. The molecule has 1 aliphatic heterocycles. The fourth-order valence-electron chi connectivity index (χ4n) is 3.73. The van der Waals surface area contributed by atoms with Gasteiger partial charge in [-0.2, -0.15) is 0 Å². The van der Waals surface area contributed by atoms with E-state index in [0.29, 0.717) is 0 Å². The maximum absolute atomic E-state index is 5.49. The van der Waals surface area contributed by atoms with Crippen LogP contribution in [0.5, 0.6) is 0 Å². The van der Waals surface area contributed by atoms with Gasteiger partial charge in [-0.25, -0.2) is 4.98 Å². The van der Waals surface area contributed by atoms with Gasteiger partial charge in [0.25, 0.3) is 0 Å². The summed E-state index contributed by atoms with van der Waals surface area (Å²) in [7, 11) is 0. The highest BCUT2D eigenvalue weighted by Gasteiger charge is 2.15. The summed E-state index contributed by atoms with van der Waals surface area (Å²) in [6.07, 6.45) is 5.89. The molecule has 4 heterocycles. The first kappa shape index (κ1) is 19.8. The van der Waals surface area contributed by atoms with Crippen LogP contribution in [0.2, 0.25) is 0 Å². The highest BCUT2D eigenvalue weighted by atomic mass is 16.5. The Labute approximate surface area is 172 Å². The van der Waals surface area contributed by atoms with E-state index in [1.807, 2.05) is 31.5 Å². The maximum atomic E-state index is 5.49. The maximum Gasteiger partial charge on any atom is 0.137 e. The average Bonchev–Trinajstić information content (AvgIpc) is 3.22. The normalized spacial score (nSPS) is 15.1. The smallest absolute Gasteiger partial charge is 0.137 e. The lowest BCUT2D eigenvalue weighted by atomic mass is 10.2. The molecule has 1 fully saturated rings. The van der Waals surface area contributed by atoms with Gasteiger partial charge in [-0.1, -0.05) is 12.1 Å². The lowest BCUT2D eigenvalue weighted by molar-refractivity contribution is 0.0324. The molecule has 0 aliphatic carbocycles. The molecule has 3 aromatic rings. The molecule has 0 saturated carbocycles. The molecule has 6 heteroatoms. The Balaban J connectivity index is 1.49. The minimum Gasteiger partial charge on any atom is -0.379 e. The van der Waals surface area contributed by atoms with E-state index in [4.69, 9.17) is 9.72 Å². The highest BCUT2D eigenvalue weighted by Crippen LogP contribution is 2.15. The topological polar surface area (TPSA) is 46.4 Å². The number of pyridine rings is 2. The molecule has 4 rings (SSSR count). The van der Waals surface area contributed by atoms with E-state index in [1.54, 1.807) is 0 Å². The molecule has 0 atom stereocenters. The third-order valence-corrected chi connectivity index (χ3v) is 5.30. The van der Waals surface area contributed by atoms with E-state index < -0.39 is 0 Å². The molecule has 0 radical (unpaired) electrons. The van der Waals surface area contributed by atoms with E-state index in [9.17, 15) is 0 Å². The van der Waals surface area contributed by atoms with Gasteiger partial charge in [0.1, 0.15) is 5.82 Å². The van der Waals surface area contributed by atoms with Crippen LogP contribution in [-0.4, -0.2) is 63.7 Å². The van der Waals surface area contributed by atoms with Gasteiger partial charge in [-0.3, -0.25) is 14.8 Å². The monoisotopic (exact) mass is 391 g/mol. The number of rotatable bonds is 8. The Morgan fingerprint density at radius 1 is 1.03 bits per heavy atom. The molecule has 0 unspecified atom stereocenters. The molecule has 1 aliphatic rings. The van der Waals surface area contributed by atoms with Crippen molar-refractivity contribution in [2.24, 2.45) is 0 Å². The van der Waals surface area contributed by atoms with Crippen LogP contribution in [0, 0.1) is 6.92 Å². The summed E-state index contributed by atoms with van der Waals surface area (Å²) in [6.45, 7) is 9.54. The summed E-state index contributed by atoms with van der Waals surface area (Å²) < 4.78 is 7.68. The Morgan fingerprint density at radius 3 is 2.72 bits per heavy atom. The van der Waals surface area contributed by atoms with Gasteiger partial charge in [0.2, 0.25) is 0 Å². The fourth-order valence-corrected chi connectivity index (χ4v) is 3.73. The Bertz CT molecular complexity index is 889. The van der Waals surface area contributed by atoms with Crippen molar-refractivity contribution in [1.29, 1.82) is 0 Å². The first-order valence-corrected chi connectivity index (χ1v) is 10.3. The van der Waals surface area contributed by atoms with Gasteiger partial charge in [0, 0.05) is 69.2 Å². The predicted octanol–water partition coefficient (Wildman–Crippen LogP) is 2.91. The van der Waals surface area contributed by atoms with Crippen LogP contribution in [0.25, 0.3) is 5.82 Å². The Kier molecular flexibility index (Phi) is 6.67. The van der Waals surface area contributed by atoms with Crippen molar-refractivity contribution in [3.63, 3.8) is 0 Å². The van der Waals surface area contributed by atoms with E-state index in [-0.39, 0.29) is 0 Å². The fraction of sp³-hybridized carbons (Fsp3) is 0.391.